The van der Waals surface area contributed by atoms with Gasteiger partial charge in [0.25, 0.3) is 11.4 Å². The number of ether oxygens (including phenoxy) is 1. The first kappa shape index (κ1) is 25.2. The zero-order chi connectivity index (χ0) is 25.5. The monoisotopic (exact) mass is 548 g/mol. The normalized spacial score (nSPS) is 36.4. The van der Waals surface area contributed by atoms with Crippen LogP contribution in [0, 0.1) is 12.3 Å². The minimum atomic E-state index is -5.96. The first-order valence-corrected chi connectivity index (χ1v) is 12.9. The summed E-state index contributed by atoms with van der Waals surface area (Å²) >= 11 is 0. The molecule has 4 rings (SSSR count). The van der Waals surface area contributed by atoms with Crippen molar-refractivity contribution in [3.63, 3.8) is 0 Å². The standard InChI is InChI=1S/C12H12FN4O14P3/c1-2-10(19)9(17-4-16-5-6(17)14-3-15-7(5)18)28-12(13)8(11(10,12)20)29-33(24,25)31-34(26,27)30-32(21,22)23/h1,3-4,8-9,19-20H,(H,24,25)(H,26,27)(H,14,15,18)(H2,21,22,23)/t8?,9-,10+,11+,12-/m1/s1. The van der Waals surface area contributed by atoms with Crippen LogP contribution in [0.25, 0.3) is 11.2 Å². The van der Waals surface area contributed by atoms with Gasteiger partial charge in [0.2, 0.25) is 11.2 Å². The molecule has 1 aliphatic heterocycles. The third kappa shape index (κ3) is 3.61. The summed E-state index contributed by atoms with van der Waals surface area (Å²) in [6.07, 6.45) is 2.41. The molecule has 7 N–H and O–H groups in total. The van der Waals surface area contributed by atoms with E-state index in [9.17, 15) is 38.5 Å². The second-order valence-corrected chi connectivity index (χ2v) is 11.3. The maximum Gasteiger partial charge on any atom is 0.490 e. The SMILES string of the molecule is C#C[C@]1(O)[C@H](n2cnc3c(=O)[nH]cnc32)O[C@]2(F)C(OP(=O)(O)OP(=O)(O)OP(=O)(O)O)[C@@]21O. The number of aromatic nitrogens is 4. The molecular weight excluding hydrogens is 536 g/mol. The largest absolute Gasteiger partial charge is 0.490 e. The van der Waals surface area contributed by atoms with Gasteiger partial charge in [-0.25, -0.2) is 28.1 Å². The molecule has 1 saturated heterocycles. The number of alkyl halides is 1. The van der Waals surface area contributed by atoms with Gasteiger partial charge in [-0.2, -0.15) is 8.62 Å². The van der Waals surface area contributed by atoms with Crippen molar-refractivity contribution < 1.29 is 65.8 Å². The van der Waals surface area contributed by atoms with E-state index in [1.54, 1.807) is 5.92 Å². The molecule has 22 heteroatoms. The van der Waals surface area contributed by atoms with Gasteiger partial charge in [-0.1, -0.05) is 5.92 Å². The van der Waals surface area contributed by atoms with Crippen molar-refractivity contribution >= 4 is 34.6 Å². The van der Waals surface area contributed by atoms with Crippen LogP contribution in [0.2, 0.25) is 0 Å². The molecule has 0 bridgehead atoms. The summed E-state index contributed by atoms with van der Waals surface area (Å²) in [7, 11) is -17.6. The smallest absolute Gasteiger partial charge is 0.378 e. The Labute approximate surface area is 185 Å². The molecule has 7 atom stereocenters. The lowest BCUT2D eigenvalue weighted by Gasteiger charge is -2.31. The second-order valence-electron chi connectivity index (χ2n) is 6.92. The average molecular weight is 548 g/mol. The van der Waals surface area contributed by atoms with E-state index in [2.05, 4.69) is 28.1 Å². The van der Waals surface area contributed by atoms with Crippen molar-refractivity contribution in [3.05, 3.63) is 23.0 Å². The van der Waals surface area contributed by atoms with E-state index >= 15 is 4.39 Å². The van der Waals surface area contributed by atoms with Gasteiger partial charge in [0.15, 0.2) is 23.5 Å². The Morgan fingerprint density at radius 3 is 2.41 bits per heavy atom. The maximum atomic E-state index is 15.4. The Kier molecular flexibility index (Phi) is 5.43. The van der Waals surface area contributed by atoms with Gasteiger partial charge in [0, 0.05) is 0 Å². The molecule has 34 heavy (non-hydrogen) atoms. The third-order valence-electron chi connectivity index (χ3n) is 4.87. The van der Waals surface area contributed by atoms with Crippen LogP contribution in [-0.4, -0.2) is 72.5 Å². The van der Waals surface area contributed by atoms with E-state index in [0.717, 1.165) is 17.2 Å². The van der Waals surface area contributed by atoms with Gasteiger partial charge in [-0.3, -0.25) is 13.9 Å². The summed E-state index contributed by atoms with van der Waals surface area (Å²) in [5.41, 5.74) is -7.66. The maximum absolute atomic E-state index is 15.4. The highest BCUT2D eigenvalue weighted by atomic mass is 31.3. The quantitative estimate of drug-likeness (QED) is 0.147. The summed E-state index contributed by atoms with van der Waals surface area (Å²) in [6, 6.07) is 0. The van der Waals surface area contributed by atoms with E-state index in [1.165, 1.54) is 0 Å². The number of aromatic amines is 1. The minimum absolute atomic E-state index is 0.264. The molecule has 3 unspecified atom stereocenters. The van der Waals surface area contributed by atoms with Crippen LogP contribution in [0.1, 0.15) is 6.23 Å². The number of aliphatic hydroxyl groups is 2. The number of rotatable bonds is 7. The molecular formula is C12H12FN4O14P3. The molecule has 18 nitrogen and oxygen atoms in total. The average Bonchev–Trinajstić information content (AvgIpc) is 2.97. The highest BCUT2D eigenvalue weighted by Crippen LogP contribution is 2.74. The fourth-order valence-electron chi connectivity index (χ4n) is 3.47. The second kappa shape index (κ2) is 7.32. The Balaban J connectivity index is 1.64. The Morgan fingerprint density at radius 1 is 1.18 bits per heavy atom. The predicted molar refractivity (Wildman–Crippen MR) is 99.6 cm³/mol. The lowest BCUT2D eigenvalue weighted by atomic mass is 9.93. The summed E-state index contributed by atoms with van der Waals surface area (Å²) in [4.78, 5) is 57.4. The number of phosphoric acid groups is 3. The summed E-state index contributed by atoms with van der Waals surface area (Å²) in [6.45, 7) is 0. The first-order chi connectivity index (χ1) is 15.4. The number of hydrogen-bond donors (Lipinski definition) is 7. The van der Waals surface area contributed by atoms with E-state index in [0.29, 0.717) is 0 Å². The van der Waals surface area contributed by atoms with Crippen molar-refractivity contribution in [2.45, 2.75) is 29.4 Å². The zero-order valence-electron chi connectivity index (χ0n) is 15.9. The number of halogens is 1. The number of fused-ring (bicyclic) bond motifs is 2. The number of nitrogens with one attached hydrogen (secondary N) is 1. The number of phosphoric ester groups is 1. The summed E-state index contributed by atoms with van der Waals surface area (Å²) in [5, 5.41) is 21.6. The zero-order valence-corrected chi connectivity index (χ0v) is 18.6. The van der Waals surface area contributed by atoms with E-state index in [-0.39, 0.29) is 11.2 Å². The van der Waals surface area contributed by atoms with E-state index < -0.39 is 58.4 Å². The molecule has 3 heterocycles. The van der Waals surface area contributed by atoms with Gasteiger partial charge in [-0.15, -0.1) is 6.42 Å². The molecule has 0 amide bonds. The van der Waals surface area contributed by atoms with Gasteiger partial charge in [0.1, 0.15) is 0 Å². The van der Waals surface area contributed by atoms with Gasteiger partial charge >= 0.3 is 23.5 Å². The molecule has 0 radical (unpaired) electrons. The van der Waals surface area contributed by atoms with Gasteiger partial charge in [-0.05, 0) is 0 Å². The van der Waals surface area contributed by atoms with Crippen molar-refractivity contribution in [3.8, 4) is 12.3 Å². The summed E-state index contributed by atoms with van der Waals surface area (Å²) in [5.74, 6) is -1.88. The third-order valence-corrected chi connectivity index (χ3v) is 8.67. The lowest BCUT2D eigenvalue weighted by Crippen LogP contribution is -2.50. The van der Waals surface area contributed by atoms with Crippen LogP contribution in [0.5, 0.6) is 0 Å². The molecule has 186 valence electrons. The molecule has 0 spiro atoms. The molecule has 1 saturated carbocycles. The number of H-pyrrole nitrogens is 1. The fraction of sp³-hybridized carbons (Fsp3) is 0.417. The van der Waals surface area contributed by atoms with Crippen molar-refractivity contribution in [1.29, 1.82) is 0 Å². The van der Waals surface area contributed by atoms with Gasteiger partial charge in [0.05, 0.1) is 12.7 Å². The van der Waals surface area contributed by atoms with Crippen molar-refractivity contribution in [2.24, 2.45) is 0 Å². The number of nitrogens with zero attached hydrogens (tertiary/aromatic N) is 3. The molecule has 2 aromatic rings. The van der Waals surface area contributed by atoms with Crippen molar-refractivity contribution in [2.75, 3.05) is 0 Å². The number of hydrogen-bond acceptors (Lipinski definition) is 12. The topological polar surface area (TPSA) is 273 Å². The van der Waals surface area contributed by atoms with Gasteiger partial charge < -0.3 is 39.5 Å². The molecule has 2 fully saturated rings. The van der Waals surface area contributed by atoms with Crippen LogP contribution in [-0.2, 0) is 31.6 Å². The molecule has 0 aromatic carbocycles. The number of imidazole rings is 1. The Bertz CT molecular complexity index is 1430. The van der Waals surface area contributed by atoms with Crippen LogP contribution in [0.4, 0.5) is 4.39 Å². The molecule has 2 aliphatic rings. The summed E-state index contributed by atoms with van der Waals surface area (Å²) < 4.78 is 66.5. The Hall–Kier alpha value is -1.87. The lowest BCUT2D eigenvalue weighted by molar-refractivity contribution is -0.165. The van der Waals surface area contributed by atoms with Crippen LogP contribution >= 0.6 is 23.5 Å². The predicted octanol–water partition coefficient (Wildman–Crippen LogP) is -1.86. The first-order valence-electron chi connectivity index (χ1n) is 8.42. The van der Waals surface area contributed by atoms with Crippen molar-refractivity contribution in [1.82, 2.24) is 19.5 Å². The van der Waals surface area contributed by atoms with Crippen LogP contribution in [0.3, 0.4) is 0 Å². The number of terminal acetylenes is 1. The Morgan fingerprint density at radius 2 is 1.82 bits per heavy atom. The molecule has 1 aliphatic carbocycles. The van der Waals surface area contributed by atoms with Crippen LogP contribution in [0.15, 0.2) is 17.4 Å². The highest BCUT2D eigenvalue weighted by molar-refractivity contribution is 7.66. The fourth-order valence-corrected chi connectivity index (χ4v) is 6.68. The highest BCUT2D eigenvalue weighted by Gasteiger charge is 2.97. The minimum Gasteiger partial charge on any atom is -0.378 e. The molecule has 2 aromatic heterocycles. The van der Waals surface area contributed by atoms with E-state index in [1.807, 2.05) is 0 Å². The van der Waals surface area contributed by atoms with E-state index in [4.69, 9.17) is 20.9 Å². The van der Waals surface area contributed by atoms with Crippen LogP contribution < -0.4 is 5.56 Å².